The highest BCUT2D eigenvalue weighted by molar-refractivity contribution is 9.10. The SMILES string of the molecule is Cc1cc(Br)ccc1NC(=O)CN(C)C(=O)[C@@H]1CC[C@H](CN)O1. The molecule has 1 aromatic rings. The van der Waals surface area contributed by atoms with E-state index in [1.807, 2.05) is 25.1 Å². The van der Waals surface area contributed by atoms with E-state index in [-0.39, 0.29) is 24.5 Å². The monoisotopic (exact) mass is 383 g/mol. The summed E-state index contributed by atoms with van der Waals surface area (Å²) in [7, 11) is 1.61. The Balaban J connectivity index is 1.88. The van der Waals surface area contributed by atoms with E-state index in [2.05, 4.69) is 21.2 Å². The second-order valence-corrected chi connectivity index (χ2v) is 6.68. The highest BCUT2D eigenvalue weighted by atomic mass is 79.9. The maximum absolute atomic E-state index is 12.3. The fraction of sp³-hybridized carbons (Fsp3) is 0.500. The summed E-state index contributed by atoms with van der Waals surface area (Å²) < 4.78 is 6.52. The van der Waals surface area contributed by atoms with E-state index in [9.17, 15) is 9.59 Å². The molecule has 6 nitrogen and oxygen atoms in total. The largest absolute Gasteiger partial charge is 0.364 e. The van der Waals surface area contributed by atoms with Crippen LogP contribution in [0.2, 0.25) is 0 Å². The van der Waals surface area contributed by atoms with E-state index in [0.29, 0.717) is 13.0 Å². The molecule has 2 atom stereocenters. The number of hydrogen-bond donors (Lipinski definition) is 2. The van der Waals surface area contributed by atoms with Crippen molar-refractivity contribution in [2.24, 2.45) is 5.73 Å². The van der Waals surface area contributed by atoms with Crippen molar-refractivity contribution in [3.63, 3.8) is 0 Å². The maximum Gasteiger partial charge on any atom is 0.251 e. The summed E-state index contributed by atoms with van der Waals surface area (Å²) in [6, 6.07) is 5.60. The van der Waals surface area contributed by atoms with Gasteiger partial charge in [0.1, 0.15) is 6.10 Å². The molecule has 1 aromatic carbocycles. The zero-order valence-corrected chi connectivity index (χ0v) is 14.9. The molecule has 2 amide bonds. The highest BCUT2D eigenvalue weighted by Crippen LogP contribution is 2.21. The Morgan fingerprint density at radius 2 is 2.17 bits per heavy atom. The summed E-state index contributed by atoms with van der Waals surface area (Å²) in [4.78, 5) is 25.8. The smallest absolute Gasteiger partial charge is 0.251 e. The number of amides is 2. The predicted molar refractivity (Wildman–Crippen MR) is 92.1 cm³/mol. The molecule has 0 unspecified atom stereocenters. The Hall–Kier alpha value is -1.44. The minimum Gasteiger partial charge on any atom is -0.364 e. The molecule has 0 aromatic heterocycles. The number of nitrogens with zero attached hydrogens (tertiary/aromatic N) is 1. The molecule has 0 aliphatic carbocycles. The van der Waals surface area contributed by atoms with Gasteiger partial charge in [-0.05, 0) is 43.5 Å². The Labute approximate surface area is 144 Å². The van der Waals surface area contributed by atoms with E-state index in [0.717, 1.165) is 22.1 Å². The van der Waals surface area contributed by atoms with Crippen LogP contribution in [0.4, 0.5) is 5.69 Å². The van der Waals surface area contributed by atoms with Gasteiger partial charge < -0.3 is 20.7 Å². The van der Waals surface area contributed by atoms with Crippen molar-refractivity contribution in [2.75, 3.05) is 25.5 Å². The summed E-state index contributed by atoms with van der Waals surface area (Å²) in [6.45, 7) is 2.31. The summed E-state index contributed by atoms with van der Waals surface area (Å²) >= 11 is 3.38. The first kappa shape index (κ1) is 17.9. The number of carbonyl (C=O) groups is 2. The van der Waals surface area contributed by atoms with Gasteiger partial charge in [0.05, 0.1) is 12.6 Å². The molecule has 0 saturated carbocycles. The molecule has 23 heavy (non-hydrogen) atoms. The molecular formula is C16H22BrN3O3. The van der Waals surface area contributed by atoms with Gasteiger partial charge in [0.2, 0.25) is 5.91 Å². The number of anilines is 1. The zero-order chi connectivity index (χ0) is 17.0. The molecule has 0 spiro atoms. The van der Waals surface area contributed by atoms with Gasteiger partial charge in [0.25, 0.3) is 5.91 Å². The van der Waals surface area contributed by atoms with Crippen molar-refractivity contribution < 1.29 is 14.3 Å². The topological polar surface area (TPSA) is 84.7 Å². The lowest BCUT2D eigenvalue weighted by atomic mass is 10.2. The number of hydrogen-bond acceptors (Lipinski definition) is 4. The van der Waals surface area contributed by atoms with Crippen LogP contribution in [0.5, 0.6) is 0 Å². The van der Waals surface area contributed by atoms with Gasteiger partial charge in [-0.1, -0.05) is 15.9 Å². The van der Waals surface area contributed by atoms with Crippen molar-refractivity contribution in [3.05, 3.63) is 28.2 Å². The van der Waals surface area contributed by atoms with Crippen LogP contribution in [0.1, 0.15) is 18.4 Å². The number of likely N-dealkylation sites (N-methyl/N-ethyl adjacent to an activating group) is 1. The fourth-order valence-corrected chi connectivity index (χ4v) is 3.03. The maximum atomic E-state index is 12.3. The molecule has 1 saturated heterocycles. The van der Waals surface area contributed by atoms with Crippen LogP contribution in [0.3, 0.4) is 0 Å². The number of halogens is 1. The first-order valence-electron chi connectivity index (χ1n) is 7.57. The minimum absolute atomic E-state index is 0.0124. The van der Waals surface area contributed by atoms with Crippen molar-refractivity contribution in [1.29, 1.82) is 0 Å². The standard InChI is InChI=1S/C16H22BrN3O3/c1-10-7-11(17)3-5-13(10)19-15(21)9-20(2)16(22)14-6-4-12(8-18)23-14/h3,5,7,12,14H,4,6,8-9,18H2,1-2H3,(H,19,21)/t12-,14+/m1/s1. The van der Waals surface area contributed by atoms with Gasteiger partial charge in [-0.2, -0.15) is 0 Å². The number of carbonyl (C=O) groups excluding carboxylic acids is 2. The van der Waals surface area contributed by atoms with E-state index in [1.165, 1.54) is 4.90 Å². The van der Waals surface area contributed by atoms with E-state index < -0.39 is 6.10 Å². The lowest BCUT2D eigenvalue weighted by Crippen LogP contribution is -2.41. The van der Waals surface area contributed by atoms with Crippen LogP contribution in [0.15, 0.2) is 22.7 Å². The Bertz CT molecular complexity index is 594. The van der Waals surface area contributed by atoms with Crippen molar-refractivity contribution in [3.8, 4) is 0 Å². The predicted octanol–water partition coefficient (Wildman–Crippen LogP) is 1.66. The van der Waals surface area contributed by atoms with Crippen LogP contribution in [-0.2, 0) is 14.3 Å². The van der Waals surface area contributed by atoms with Crippen LogP contribution < -0.4 is 11.1 Å². The van der Waals surface area contributed by atoms with Crippen LogP contribution in [0, 0.1) is 6.92 Å². The highest BCUT2D eigenvalue weighted by Gasteiger charge is 2.32. The second kappa shape index (κ2) is 7.90. The Morgan fingerprint density at radius 3 is 2.78 bits per heavy atom. The fourth-order valence-electron chi connectivity index (χ4n) is 2.56. The third kappa shape index (κ3) is 4.76. The molecule has 1 aliphatic heterocycles. The molecular weight excluding hydrogens is 362 g/mol. The van der Waals surface area contributed by atoms with Gasteiger partial charge >= 0.3 is 0 Å². The molecule has 1 fully saturated rings. The van der Waals surface area contributed by atoms with Crippen molar-refractivity contribution in [1.82, 2.24) is 4.90 Å². The van der Waals surface area contributed by atoms with E-state index in [1.54, 1.807) is 7.05 Å². The van der Waals surface area contributed by atoms with E-state index >= 15 is 0 Å². The average Bonchev–Trinajstić information content (AvgIpc) is 2.98. The van der Waals surface area contributed by atoms with Crippen molar-refractivity contribution >= 4 is 33.4 Å². The lowest BCUT2D eigenvalue weighted by molar-refractivity contribution is -0.143. The first-order valence-corrected chi connectivity index (χ1v) is 8.36. The molecule has 2 rings (SSSR count). The quantitative estimate of drug-likeness (QED) is 0.809. The minimum atomic E-state index is -0.490. The van der Waals surface area contributed by atoms with Crippen LogP contribution >= 0.6 is 15.9 Å². The summed E-state index contributed by atoms with van der Waals surface area (Å²) in [5, 5.41) is 2.82. The van der Waals surface area contributed by atoms with E-state index in [4.69, 9.17) is 10.5 Å². The summed E-state index contributed by atoms with van der Waals surface area (Å²) in [5.74, 6) is -0.414. The van der Waals surface area contributed by atoms with Crippen molar-refractivity contribution in [2.45, 2.75) is 32.0 Å². The van der Waals surface area contributed by atoms with Gasteiger partial charge in [-0.15, -0.1) is 0 Å². The number of nitrogens with one attached hydrogen (secondary N) is 1. The zero-order valence-electron chi connectivity index (χ0n) is 13.3. The third-order valence-corrected chi connectivity index (χ3v) is 4.36. The lowest BCUT2D eigenvalue weighted by Gasteiger charge is -2.21. The number of nitrogens with two attached hydrogens (primary N) is 1. The first-order chi connectivity index (χ1) is 10.9. The number of rotatable bonds is 5. The van der Waals surface area contributed by atoms with Crippen LogP contribution in [0.25, 0.3) is 0 Å². The molecule has 1 aliphatic rings. The Kier molecular flexibility index (Phi) is 6.15. The normalized spacial score (nSPS) is 20.3. The van der Waals surface area contributed by atoms with Crippen LogP contribution in [-0.4, -0.2) is 49.1 Å². The van der Waals surface area contributed by atoms with Gasteiger partial charge in [0, 0.05) is 23.8 Å². The molecule has 1 heterocycles. The number of aryl methyl sites for hydroxylation is 1. The second-order valence-electron chi connectivity index (χ2n) is 5.76. The number of benzene rings is 1. The third-order valence-electron chi connectivity index (χ3n) is 3.87. The Morgan fingerprint density at radius 1 is 1.43 bits per heavy atom. The summed E-state index contributed by atoms with van der Waals surface area (Å²) in [6.07, 6.45) is 0.885. The molecule has 0 bridgehead atoms. The van der Waals surface area contributed by atoms with Gasteiger partial charge in [-0.3, -0.25) is 9.59 Å². The van der Waals surface area contributed by atoms with Gasteiger partial charge in [0.15, 0.2) is 0 Å². The molecule has 126 valence electrons. The van der Waals surface area contributed by atoms with Gasteiger partial charge in [-0.25, -0.2) is 0 Å². The molecule has 3 N–H and O–H groups in total. The molecule has 7 heteroatoms. The molecule has 0 radical (unpaired) electrons. The summed E-state index contributed by atoms with van der Waals surface area (Å²) in [5.41, 5.74) is 7.23. The average molecular weight is 384 g/mol. The number of ether oxygens (including phenoxy) is 1.